The molecule has 1 aromatic carbocycles. The Morgan fingerprint density at radius 1 is 1.32 bits per heavy atom. The average Bonchev–Trinajstić information content (AvgIpc) is 3.31. The number of amides is 4. The number of alkyl halides is 3. The van der Waals surface area contributed by atoms with Crippen LogP contribution in [0, 0.1) is 6.57 Å². The van der Waals surface area contributed by atoms with E-state index in [1.807, 2.05) is 0 Å². The fourth-order valence-corrected chi connectivity index (χ4v) is 4.21. The number of halogens is 3. The van der Waals surface area contributed by atoms with Crippen LogP contribution in [-0.4, -0.2) is 59.6 Å². The van der Waals surface area contributed by atoms with Gasteiger partial charge in [0.15, 0.2) is 5.69 Å². The number of carbonyl (C=O) groups is 3. The molecule has 0 aromatic heterocycles. The van der Waals surface area contributed by atoms with Gasteiger partial charge in [0.05, 0.1) is 37.0 Å². The molecular weight excluding hydrogens is 381 g/mol. The average molecular weight is 394 g/mol. The van der Waals surface area contributed by atoms with Crippen molar-refractivity contribution in [3.8, 4) is 0 Å². The van der Waals surface area contributed by atoms with Gasteiger partial charge in [0.2, 0.25) is 0 Å². The van der Waals surface area contributed by atoms with E-state index in [0.717, 1.165) is 12.1 Å². The van der Waals surface area contributed by atoms with E-state index in [4.69, 9.17) is 11.3 Å². The van der Waals surface area contributed by atoms with Crippen LogP contribution in [0.1, 0.15) is 12.0 Å². The van der Waals surface area contributed by atoms with Crippen LogP contribution in [0.2, 0.25) is 0 Å². The van der Waals surface area contributed by atoms with Gasteiger partial charge in [0, 0.05) is 6.54 Å². The SMILES string of the molecule is [C-]#[N+]c1ccc(N2C(=O)[C@H]3C4CC(CN4C(=O)OC)N3C2=O)cc1C(F)(F)F. The van der Waals surface area contributed by atoms with Gasteiger partial charge >= 0.3 is 18.3 Å². The molecule has 0 saturated carbocycles. The number of rotatable bonds is 1. The first kappa shape index (κ1) is 18.1. The minimum atomic E-state index is -4.81. The zero-order chi connectivity index (χ0) is 20.4. The second-order valence-electron chi connectivity index (χ2n) is 6.70. The lowest BCUT2D eigenvalue weighted by atomic mass is 10.1. The Labute approximate surface area is 156 Å². The van der Waals surface area contributed by atoms with Gasteiger partial charge in [-0.2, -0.15) is 13.2 Å². The van der Waals surface area contributed by atoms with Gasteiger partial charge in [-0.1, -0.05) is 6.07 Å². The molecule has 3 atom stereocenters. The fourth-order valence-electron chi connectivity index (χ4n) is 4.21. The Morgan fingerprint density at radius 2 is 2.04 bits per heavy atom. The van der Waals surface area contributed by atoms with E-state index < -0.39 is 53.6 Å². The maximum atomic E-state index is 13.2. The van der Waals surface area contributed by atoms with Crippen molar-refractivity contribution in [3.63, 3.8) is 0 Å². The van der Waals surface area contributed by atoms with Crippen molar-refractivity contribution in [3.05, 3.63) is 35.2 Å². The summed E-state index contributed by atoms with van der Waals surface area (Å²) in [5, 5.41) is 0. The number of benzene rings is 1. The van der Waals surface area contributed by atoms with Gasteiger partial charge in [-0.3, -0.25) is 4.79 Å². The third-order valence-electron chi connectivity index (χ3n) is 5.34. The van der Waals surface area contributed by atoms with E-state index in [-0.39, 0.29) is 12.2 Å². The zero-order valence-corrected chi connectivity index (χ0v) is 14.4. The number of hydrogen-bond donors (Lipinski definition) is 0. The quantitative estimate of drug-likeness (QED) is 0.542. The molecule has 0 N–H and O–H groups in total. The lowest BCUT2D eigenvalue weighted by molar-refractivity contribution is -0.136. The first-order valence-corrected chi connectivity index (χ1v) is 8.28. The Kier molecular flexibility index (Phi) is 3.78. The maximum absolute atomic E-state index is 13.2. The Bertz CT molecular complexity index is 941. The number of piperazine rings is 1. The third kappa shape index (κ3) is 2.33. The molecule has 1 aromatic rings. The van der Waals surface area contributed by atoms with Crippen molar-refractivity contribution in [2.45, 2.75) is 30.7 Å². The molecule has 2 bridgehead atoms. The lowest BCUT2D eigenvalue weighted by Gasteiger charge is -2.33. The molecule has 0 spiro atoms. The van der Waals surface area contributed by atoms with E-state index in [9.17, 15) is 27.6 Å². The molecule has 4 amide bonds. The number of likely N-dealkylation sites (tertiary alicyclic amines) is 1. The fraction of sp³-hybridized carbons (Fsp3) is 0.412. The van der Waals surface area contributed by atoms with Crippen molar-refractivity contribution in [2.75, 3.05) is 18.6 Å². The normalized spacial score (nSPS) is 26.0. The predicted molar refractivity (Wildman–Crippen MR) is 87.5 cm³/mol. The number of fused-ring (bicyclic) bond motifs is 5. The molecule has 0 radical (unpaired) electrons. The number of urea groups is 1. The van der Waals surface area contributed by atoms with Crippen LogP contribution in [0.25, 0.3) is 4.85 Å². The summed E-state index contributed by atoms with van der Waals surface area (Å²) in [6, 6.07) is 0.0377. The number of hydrogen-bond acceptors (Lipinski definition) is 4. The summed E-state index contributed by atoms with van der Waals surface area (Å²) in [4.78, 5) is 43.8. The summed E-state index contributed by atoms with van der Waals surface area (Å²) in [6.07, 6.45) is -5.01. The van der Waals surface area contributed by atoms with E-state index in [2.05, 4.69) is 4.85 Å². The summed E-state index contributed by atoms with van der Waals surface area (Å²) in [6.45, 7) is 7.09. The minimum absolute atomic E-state index is 0.200. The van der Waals surface area contributed by atoms with Crippen molar-refractivity contribution in [1.29, 1.82) is 0 Å². The number of anilines is 1. The van der Waals surface area contributed by atoms with Crippen molar-refractivity contribution in [2.24, 2.45) is 0 Å². The maximum Gasteiger partial charge on any atom is 0.409 e. The first-order chi connectivity index (χ1) is 13.2. The molecule has 4 rings (SSSR count). The number of carbonyl (C=O) groups excluding carboxylic acids is 3. The highest BCUT2D eigenvalue weighted by Crippen LogP contribution is 2.44. The Hall–Kier alpha value is -3.29. The van der Waals surface area contributed by atoms with Crippen molar-refractivity contribution < 1.29 is 32.3 Å². The summed E-state index contributed by atoms with van der Waals surface area (Å²) in [5.74, 6) is -0.699. The second-order valence-corrected chi connectivity index (χ2v) is 6.70. The Balaban J connectivity index is 1.71. The molecule has 28 heavy (non-hydrogen) atoms. The van der Waals surface area contributed by atoms with Crippen molar-refractivity contribution in [1.82, 2.24) is 9.80 Å². The summed E-state index contributed by atoms with van der Waals surface area (Å²) in [5.41, 5.74) is -2.09. The van der Waals surface area contributed by atoms with Gasteiger partial charge < -0.3 is 14.5 Å². The van der Waals surface area contributed by atoms with E-state index in [1.54, 1.807) is 0 Å². The largest absolute Gasteiger partial charge is 0.453 e. The summed E-state index contributed by atoms with van der Waals surface area (Å²) in [7, 11) is 1.21. The van der Waals surface area contributed by atoms with Gasteiger partial charge in [0.25, 0.3) is 5.91 Å². The monoisotopic (exact) mass is 394 g/mol. The molecule has 3 saturated heterocycles. The molecule has 3 aliphatic heterocycles. The van der Waals surface area contributed by atoms with Crippen molar-refractivity contribution >= 4 is 29.4 Å². The highest BCUT2D eigenvalue weighted by atomic mass is 19.4. The van der Waals surface area contributed by atoms with Crippen LogP contribution in [0.3, 0.4) is 0 Å². The number of methoxy groups -OCH3 is 1. The van der Waals surface area contributed by atoms with E-state index in [0.29, 0.717) is 17.4 Å². The predicted octanol–water partition coefficient (Wildman–Crippen LogP) is 2.62. The molecule has 2 unspecified atom stereocenters. The molecule has 3 fully saturated rings. The zero-order valence-electron chi connectivity index (χ0n) is 14.4. The lowest BCUT2D eigenvalue weighted by Crippen LogP contribution is -2.54. The topological polar surface area (TPSA) is 74.5 Å². The van der Waals surface area contributed by atoms with Crippen LogP contribution in [-0.2, 0) is 15.7 Å². The molecule has 8 nitrogen and oxygen atoms in total. The first-order valence-electron chi connectivity index (χ1n) is 8.28. The smallest absolute Gasteiger partial charge is 0.409 e. The Morgan fingerprint density at radius 3 is 2.64 bits per heavy atom. The molecule has 11 heteroatoms. The molecule has 3 heterocycles. The van der Waals surface area contributed by atoms with Crippen LogP contribution < -0.4 is 4.90 Å². The third-order valence-corrected chi connectivity index (χ3v) is 5.34. The minimum Gasteiger partial charge on any atom is -0.453 e. The molecule has 0 aliphatic carbocycles. The number of ether oxygens (including phenoxy) is 1. The summed E-state index contributed by atoms with van der Waals surface area (Å²) < 4.78 is 44.4. The van der Waals surface area contributed by atoms with Gasteiger partial charge in [-0.25, -0.2) is 19.3 Å². The standard InChI is InChI=1S/C17H13F3N4O4/c1-21-11-4-3-8(5-10(11)17(18,19)20)24-14(25)13-12-6-9(23(13)15(24)26)7-22(12)16(27)28-2/h3-5,9,12-13H,6-7H2,2H3/t9?,12?,13-/m1/s1. The number of nitrogens with zero attached hydrogens (tertiary/aromatic N) is 4. The second kappa shape index (κ2) is 5.85. The van der Waals surface area contributed by atoms with Gasteiger partial charge in [0.1, 0.15) is 6.04 Å². The molecule has 146 valence electrons. The van der Waals surface area contributed by atoms with Crippen LogP contribution >= 0.6 is 0 Å². The molecule has 3 aliphatic rings. The van der Waals surface area contributed by atoms with Gasteiger partial charge in [-0.05, 0) is 18.6 Å². The van der Waals surface area contributed by atoms with Crippen LogP contribution in [0.15, 0.2) is 18.2 Å². The van der Waals surface area contributed by atoms with Crippen LogP contribution in [0.5, 0.6) is 0 Å². The van der Waals surface area contributed by atoms with E-state index >= 15 is 0 Å². The molecular formula is C17H13F3N4O4. The number of imide groups is 1. The van der Waals surface area contributed by atoms with Crippen LogP contribution in [0.4, 0.5) is 34.1 Å². The van der Waals surface area contributed by atoms with E-state index in [1.165, 1.54) is 16.9 Å². The highest BCUT2D eigenvalue weighted by Gasteiger charge is 2.63. The summed E-state index contributed by atoms with van der Waals surface area (Å²) >= 11 is 0. The highest BCUT2D eigenvalue weighted by molar-refractivity contribution is 6.22. The van der Waals surface area contributed by atoms with Gasteiger partial charge in [-0.15, -0.1) is 0 Å².